The van der Waals surface area contributed by atoms with E-state index < -0.39 is 6.10 Å². The quantitative estimate of drug-likeness (QED) is 0.869. The summed E-state index contributed by atoms with van der Waals surface area (Å²) in [6.45, 7) is 3.84. The number of hydrogen-bond donors (Lipinski definition) is 1. The zero-order valence-electron chi connectivity index (χ0n) is 12.1. The van der Waals surface area contributed by atoms with E-state index in [0.29, 0.717) is 5.75 Å². The molecule has 0 aliphatic heterocycles. The minimum atomic E-state index is -0.555. The van der Waals surface area contributed by atoms with Crippen molar-refractivity contribution in [2.45, 2.75) is 26.4 Å². The number of halogens is 1. The number of aryl methyl sites for hydroxylation is 1. The van der Waals surface area contributed by atoms with Crippen LogP contribution in [0.1, 0.15) is 19.4 Å². The van der Waals surface area contributed by atoms with Crippen molar-refractivity contribution >= 4 is 27.5 Å². The summed E-state index contributed by atoms with van der Waals surface area (Å²) in [6.07, 6.45) is 0.431. The van der Waals surface area contributed by atoms with Crippen molar-refractivity contribution < 1.29 is 9.53 Å². The van der Waals surface area contributed by atoms with Gasteiger partial charge in [0.05, 0.1) is 0 Å². The first-order valence-corrected chi connectivity index (χ1v) is 7.70. The molecule has 1 amide bonds. The third kappa shape index (κ3) is 4.60. The summed E-state index contributed by atoms with van der Waals surface area (Å²) in [5.74, 6) is 0.530. The van der Waals surface area contributed by atoms with Gasteiger partial charge in [0.25, 0.3) is 5.91 Å². The minimum absolute atomic E-state index is 0.170. The number of carbonyl (C=O) groups is 1. The number of hydrogen-bond acceptors (Lipinski definition) is 2. The summed E-state index contributed by atoms with van der Waals surface area (Å²) >= 11 is 3.36. The van der Waals surface area contributed by atoms with Crippen LogP contribution in [0.15, 0.2) is 53.0 Å². The molecule has 0 saturated heterocycles. The number of amides is 1. The van der Waals surface area contributed by atoms with Crippen LogP contribution in [0.3, 0.4) is 0 Å². The Bertz CT molecular complexity index is 593. The highest BCUT2D eigenvalue weighted by Crippen LogP contribution is 2.17. The Hall–Kier alpha value is -1.81. The van der Waals surface area contributed by atoms with Crippen LogP contribution in [0, 0.1) is 0 Å². The van der Waals surface area contributed by atoms with Crippen molar-refractivity contribution in [2.24, 2.45) is 0 Å². The van der Waals surface area contributed by atoms with Crippen LogP contribution in [-0.4, -0.2) is 12.0 Å². The maximum absolute atomic E-state index is 12.1. The number of benzene rings is 2. The average Bonchev–Trinajstić information content (AvgIpc) is 2.50. The molecule has 1 atom stereocenters. The van der Waals surface area contributed by atoms with E-state index in [0.717, 1.165) is 16.6 Å². The number of ether oxygens (including phenoxy) is 1. The lowest BCUT2D eigenvalue weighted by Crippen LogP contribution is -2.30. The number of rotatable bonds is 5. The molecule has 0 heterocycles. The fourth-order valence-corrected chi connectivity index (χ4v) is 2.10. The zero-order chi connectivity index (χ0) is 15.2. The van der Waals surface area contributed by atoms with Crippen molar-refractivity contribution in [2.75, 3.05) is 5.32 Å². The van der Waals surface area contributed by atoms with E-state index >= 15 is 0 Å². The normalized spacial score (nSPS) is 11.8. The highest BCUT2D eigenvalue weighted by molar-refractivity contribution is 9.10. The van der Waals surface area contributed by atoms with Crippen LogP contribution < -0.4 is 10.1 Å². The molecule has 3 nitrogen and oxygen atoms in total. The number of anilines is 1. The predicted octanol–water partition coefficient (Wildman–Crippen LogP) is 4.42. The van der Waals surface area contributed by atoms with E-state index in [2.05, 4.69) is 28.2 Å². The summed E-state index contributed by atoms with van der Waals surface area (Å²) in [4.78, 5) is 12.1. The average molecular weight is 348 g/mol. The second-order valence-corrected chi connectivity index (χ2v) is 5.67. The zero-order valence-corrected chi connectivity index (χ0v) is 13.7. The molecule has 21 heavy (non-hydrogen) atoms. The highest BCUT2D eigenvalue weighted by Gasteiger charge is 2.14. The molecular weight excluding hydrogens is 330 g/mol. The second kappa shape index (κ2) is 7.27. The van der Waals surface area contributed by atoms with E-state index in [9.17, 15) is 4.79 Å². The number of carbonyl (C=O) groups excluding carboxylic acids is 1. The van der Waals surface area contributed by atoms with Gasteiger partial charge in [0.15, 0.2) is 6.10 Å². The minimum Gasteiger partial charge on any atom is -0.481 e. The maximum Gasteiger partial charge on any atom is 0.265 e. The lowest BCUT2D eigenvalue weighted by atomic mass is 10.2. The van der Waals surface area contributed by atoms with Gasteiger partial charge in [-0.15, -0.1) is 0 Å². The van der Waals surface area contributed by atoms with Gasteiger partial charge in [-0.25, -0.2) is 0 Å². The first kappa shape index (κ1) is 15.6. The summed E-state index contributed by atoms with van der Waals surface area (Å²) in [6, 6.07) is 15.2. The maximum atomic E-state index is 12.1. The van der Waals surface area contributed by atoms with Crippen molar-refractivity contribution in [3.05, 3.63) is 58.6 Å². The standard InChI is InChI=1S/C17H18BrNO2/c1-3-13-4-10-16(11-5-13)21-12(2)17(20)19-15-8-6-14(18)7-9-15/h4-12H,3H2,1-2H3,(H,19,20). The predicted molar refractivity (Wildman–Crippen MR) is 88.7 cm³/mol. The Morgan fingerprint density at radius 2 is 1.76 bits per heavy atom. The molecule has 0 saturated carbocycles. The molecule has 2 aromatic carbocycles. The number of nitrogens with one attached hydrogen (secondary N) is 1. The third-order valence-corrected chi connectivity index (χ3v) is 3.65. The molecule has 1 unspecified atom stereocenters. The van der Waals surface area contributed by atoms with Gasteiger partial charge in [-0.3, -0.25) is 4.79 Å². The van der Waals surface area contributed by atoms with Crippen LogP contribution in [0.5, 0.6) is 5.75 Å². The van der Waals surface area contributed by atoms with E-state index in [1.165, 1.54) is 5.56 Å². The van der Waals surface area contributed by atoms with E-state index in [4.69, 9.17) is 4.74 Å². The fourth-order valence-electron chi connectivity index (χ4n) is 1.84. The SMILES string of the molecule is CCc1ccc(OC(C)C(=O)Nc2ccc(Br)cc2)cc1. The fraction of sp³-hybridized carbons (Fsp3) is 0.235. The van der Waals surface area contributed by atoms with Gasteiger partial charge in [0.1, 0.15) is 5.75 Å². The highest BCUT2D eigenvalue weighted by atomic mass is 79.9. The molecule has 2 rings (SSSR count). The molecule has 4 heteroatoms. The van der Waals surface area contributed by atoms with Crippen molar-refractivity contribution in [1.29, 1.82) is 0 Å². The second-order valence-electron chi connectivity index (χ2n) is 4.75. The molecule has 0 aromatic heterocycles. The molecule has 0 radical (unpaired) electrons. The van der Waals surface area contributed by atoms with Crippen LogP contribution in [0.25, 0.3) is 0 Å². The van der Waals surface area contributed by atoms with Gasteiger partial charge >= 0.3 is 0 Å². The Morgan fingerprint density at radius 3 is 2.33 bits per heavy atom. The monoisotopic (exact) mass is 347 g/mol. The largest absolute Gasteiger partial charge is 0.481 e. The van der Waals surface area contributed by atoms with Gasteiger partial charge in [0, 0.05) is 10.2 Å². The molecule has 2 aromatic rings. The Morgan fingerprint density at radius 1 is 1.14 bits per heavy atom. The third-order valence-electron chi connectivity index (χ3n) is 3.13. The van der Waals surface area contributed by atoms with Crippen molar-refractivity contribution in [3.63, 3.8) is 0 Å². The van der Waals surface area contributed by atoms with Gasteiger partial charge in [-0.05, 0) is 55.3 Å². The molecule has 0 fully saturated rings. The summed E-state index contributed by atoms with van der Waals surface area (Å²) in [7, 11) is 0. The molecular formula is C17H18BrNO2. The smallest absolute Gasteiger partial charge is 0.265 e. The van der Waals surface area contributed by atoms with Crippen LogP contribution >= 0.6 is 15.9 Å². The van der Waals surface area contributed by atoms with Gasteiger partial charge in [0.2, 0.25) is 0 Å². The van der Waals surface area contributed by atoms with Crippen LogP contribution in [-0.2, 0) is 11.2 Å². The van der Waals surface area contributed by atoms with Crippen LogP contribution in [0.2, 0.25) is 0 Å². The molecule has 110 valence electrons. The molecule has 1 N–H and O–H groups in total. The lowest BCUT2D eigenvalue weighted by Gasteiger charge is -2.15. The van der Waals surface area contributed by atoms with Gasteiger partial charge in [-0.1, -0.05) is 35.0 Å². The molecule has 0 bridgehead atoms. The molecule has 0 aliphatic rings. The molecule has 0 aliphatic carbocycles. The Balaban J connectivity index is 1.93. The summed E-state index contributed by atoms with van der Waals surface area (Å²) in [5, 5.41) is 2.83. The van der Waals surface area contributed by atoms with Gasteiger partial charge < -0.3 is 10.1 Å². The lowest BCUT2D eigenvalue weighted by molar-refractivity contribution is -0.122. The van der Waals surface area contributed by atoms with E-state index in [1.54, 1.807) is 6.92 Å². The van der Waals surface area contributed by atoms with Gasteiger partial charge in [-0.2, -0.15) is 0 Å². The summed E-state index contributed by atoms with van der Waals surface area (Å²) < 4.78 is 6.62. The molecule has 0 spiro atoms. The first-order chi connectivity index (χ1) is 10.1. The summed E-state index contributed by atoms with van der Waals surface area (Å²) in [5.41, 5.74) is 1.99. The first-order valence-electron chi connectivity index (χ1n) is 6.90. The van der Waals surface area contributed by atoms with Crippen LogP contribution in [0.4, 0.5) is 5.69 Å². The van der Waals surface area contributed by atoms with Crippen molar-refractivity contribution in [1.82, 2.24) is 0 Å². The van der Waals surface area contributed by atoms with E-state index in [-0.39, 0.29) is 5.91 Å². The topological polar surface area (TPSA) is 38.3 Å². The Labute approximate surface area is 133 Å². The Kier molecular flexibility index (Phi) is 5.39. The van der Waals surface area contributed by atoms with Crippen molar-refractivity contribution in [3.8, 4) is 5.75 Å². The van der Waals surface area contributed by atoms with E-state index in [1.807, 2.05) is 48.5 Å².